The third-order valence-electron chi connectivity index (χ3n) is 9.10. The fourth-order valence-corrected chi connectivity index (χ4v) is 8.19. The molecule has 5 rings (SSSR count). The summed E-state index contributed by atoms with van der Waals surface area (Å²) in [7, 11) is 1.71. The molecule has 1 atom stereocenters. The van der Waals surface area contributed by atoms with Gasteiger partial charge in [0.25, 0.3) is 11.5 Å². The van der Waals surface area contributed by atoms with Gasteiger partial charge in [0.2, 0.25) is 0 Å². The van der Waals surface area contributed by atoms with Gasteiger partial charge in [0, 0.05) is 60.2 Å². The van der Waals surface area contributed by atoms with Crippen molar-refractivity contribution in [3.05, 3.63) is 54.1 Å². The standard InChI is InChI=1S/C30H43N3O4S/c1-18-14-19(2)31-29(34)25(18)17-32-11-10-26-27(30(32)35)21(4)28(38-26)20(3)22-6-8-23(9-7-22)33-15-24(16-33)37-13-12-36-5/h14,20,22-24H,6-13,15-17H2,1-5H3,(H,31,34)/t20-,22-,23+/m1/s1. The number of carbonyl (C=O) groups excluding carboxylic acids is 1. The van der Waals surface area contributed by atoms with Crippen LogP contribution in [0.2, 0.25) is 0 Å². The predicted molar refractivity (Wildman–Crippen MR) is 151 cm³/mol. The number of rotatable bonds is 9. The number of aromatic nitrogens is 1. The Labute approximate surface area is 230 Å². The topological polar surface area (TPSA) is 74.9 Å². The molecule has 0 unspecified atom stereocenters. The lowest BCUT2D eigenvalue weighted by atomic mass is 9.76. The first kappa shape index (κ1) is 27.6. The van der Waals surface area contributed by atoms with Crippen LogP contribution in [0.5, 0.6) is 0 Å². The SMILES string of the molecule is COCCOC1CN([C@H]2CC[C@@H]([C@@H](C)c3sc4c(c3C)C(=O)N(Cc3c(C)cc(C)[nH]c3=O)CC4)CC2)C1. The molecule has 8 heteroatoms. The maximum absolute atomic E-state index is 13.6. The minimum Gasteiger partial charge on any atom is -0.382 e. The van der Waals surface area contributed by atoms with Crippen LogP contribution < -0.4 is 5.56 Å². The monoisotopic (exact) mass is 541 g/mol. The van der Waals surface area contributed by atoms with Crippen LogP contribution in [0.3, 0.4) is 0 Å². The summed E-state index contributed by atoms with van der Waals surface area (Å²) in [4.78, 5) is 36.2. The second kappa shape index (κ2) is 11.6. The molecule has 4 heterocycles. The van der Waals surface area contributed by atoms with E-state index < -0.39 is 0 Å². The number of H-pyrrole nitrogens is 1. The molecule has 0 radical (unpaired) electrons. The number of hydrogen-bond acceptors (Lipinski definition) is 6. The van der Waals surface area contributed by atoms with Gasteiger partial charge in [-0.3, -0.25) is 14.5 Å². The minimum atomic E-state index is -0.0829. The zero-order chi connectivity index (χ0) is 27.0. The Balaban J connectivity index is 1.19. The Morgan fingerprint density at radius 2 is 1.84 bits per heavy atom. The summed E-state index contributed by atoms with van der Waals surface area (Å²) in [5, 5.41) is 0. The van der Waals surface area contributed by atoms with Crippen molar-refractivity contribution >= 4 is 17.2 Å². The van der Waals surface area contributed by atoms with Crippen LogP contribution in [-0.2, 0) is 22.4 Å². The van der Waals surface area contributed by atoms with Crippen LogP contribution in [0.1, 0.15) is 81.0 Å². The van der Waals surface area contributed by atoms with Gasteiger partial charge < -0.3 is 19.4 Å². The zero-order valence-electron chi connectivity index (χ0n) is 23.6. The van der Waals surface area contributed by atoms with Gasteiger partial charge in [-0.1, -0.05) is 6.92 Å². The number of hydrogen-bond donors (Lipinski definition) is 1. The average Bonchev–Trinajstić information content (AvgIpc) is 3.20. The van der Waals surface area contributed by atoms with Crippen molar-refractivity contribution < 1.29 is 14.3 Å². The number of pyridine rings is 1. The van der Waals surface area contributed by atoms with E-state index in [4.69, 9.17) is 9.47 Å². The van der Waals surface area contributed by atoms with Crippen molar-refractivity contribution in [2.75, 3.05) is 40.0 Å². The first-order chi connectivity index (χ1) is 18.3. The molecule has 3 aliphatic rings. The van der Waals surface area contributed by atoms with E-state index in [1.54, 1.807) is 7.11 Å². The van der Waals surface area contributed by atoms with E-state index in [2.05, 4.69) is 23.7 Å². The minimum absolute atomic E-state index is 0.0829. The normalized spacial score (nSPS) is 23.4. The Morgan fingerprint density at radius 1 is 1.11 bits per heavy atom. The fourth-order valence-electron chi connectivity index (χ4n) is 6.75. The molecule has 1 N–H and O–H groups in total. The number of thiophene rings is 1. The molecule has 0 spiro atoms. The summed E-state index contributed by atoms with van der Waals surface area (Å²) >= 11 is 1.86. The van der Waals surface area contributed by atoms with Gasteiger partial charge >= 0.3 is 0 Å². The number of ether oxygens (including phenoxy) is 2. The number of fused-ring (bicyclic) bond motifs is 1. The highest BCUT2D eigenvalue weighted by atomic mass is 32.1. The fraction of sp³-hybridized carbons (Fsp3) is 0.667. The quantitative estimate of drug-likeness (QED) is 0.471. The van der Waals surface area contributed by atoms with E-state index in [-0.39, 0.29) is 11.5 Å². The third kappa shape index (κ3) is 5.51. The molecule has 1 saturated carbocycles. The highest BCUT2D eigenvalue weighted by Crippen LogP contribution is 2.44. The van der Waals surface area contributed by atoms with Crippen LogP contribution in [0.4, 0.5) is 0 Å². The Morgan fingerprint density at radius 3 is 2.53 bits per heavy atom. The Bertz CT molecular complexity index is 1210. The molecule has 0 bridgehead atoms. The van der Waals surface area contributed by atoms with Crippen LogP contribution in [0, 0.1) is 26.7 Å². The van der Waals surface area contributed by atoms with E-state index >= 15 is 0 Å². The van der Waals surface area contributed by atoms with E-state index in [1.165, 1.54) is 41.0 Å². The number of aryl methyl sites for hydroxylation is 2. The first-order valence-electron chi connectivity index (χ1n) is 14.2. The first-order valence-corrected chi connectivity index (χ1v) is 15.0. The second-order valence-corrected chi connectivity index (χ2v) is 12.7. The number of amides is 1. The maximum Gasteiger partial charge on any atom is 0.255 e. The van der Waals surface area contributed by atoms with Gasteiger partial charge in [0.15, 0.2) is 0 Å². The molecule has 2 aliphatic heterocycles. The number of methoxy groups -OCH3 is 1. The molecule has 1 aliphatic carbocycles. The molecular formula is C30H43N3O4S. The lowest BCUT2D eigenvalue weighted by molar-refractivity contribution is -0.0883. The van der Waals surface area contributed by atoms with E-state index in [0.29, 0.717) is 55.8 Å². The van der Waals surface area contributed by atoms with Crippen LogP contribution in [0.25, 0.3) is 0 Å². The molecule has 38 heavy (non-hydrogen) atoms. The largest absolute Gasteiger partial charge is 0.382 e. The van der Waals surface area contributed by atoms with Crippen molar-refractivity contribution in [3.63, 3.8) is 0 Å². The number of nitrogens with zero attached hydrogens (tertiary/aromatic N) is 2. The summed E-state index contributed by atoms with van der Waals surface area (Å²) in [6.07, 6.45) is 6.23. The molecule has 208 valence electrons. The number of carbonyl (C=O) groups is 1. The summed E-state index contributed by atoms with van der Waals surface area (Å²) in [6, 6.07) is 2.67. The predicted octanol–water partition coefficient (Wildman–Crippen LogP) is 4.57. The summed E-state index contributed by atoms with van der Waals surface area (Å²) < 4.78 is 10.9. The molecule has 2 fully saturated rings. The number of likely N-dealkylation sites (tertiary alicyclic amines) is 1. The van der Waals surface area contributed by atoms with Crippen molar-refractivity contribution in [3.8, 4) is 0 Å². The lowest BCUT2D eigenvalue weighted by Crippen LogP contribution is -2.57. The van der Waals surface area contributed by atoms with Crippen molar-refractivity contribution in [2.24, 2.45) is 5.92 Å². The van der Waals surface area contributed by atoms with E-state index in [9.17, 15) is 9.59 Å². The summed E-state index contributed by atoms with van der Waals surface area (Å²) in [6.45, 7) is 12.9. The van der Waals surface area contributed by atoms with Crippen molar-refractivity contribution in [1.29, 1.82) is 0 Å². The van der Waals surface area contributed by atoms with Crippen molar-refractivity contribution in [2.45, 2.75) is 84.4 Å². The molecule has 2 aromatic rings. The zero-order valence-corrected chi connectivity index (χ0v) is 24.4. The van der Waals surface area contributed by atoms with E-state index in [1.807, 2.05) is 36.2 Å². The molecule has 0 aromatic carbocycles. The maximum atomic E-state index is 13.6. The Kier molecular flexibility index (Phi) is 8.43. The third-order valence-corrected chi connectivity index (χ3v) is 10.7. The highest BCUT2D eigenvalue weighted by molar-refractivity contribution is 7.12. The lowest BCUT2D eigenvalue weighted by Gasteiger charge is -2.46. The van der Waals surface area contributed by atoms with Gasteiger partial charge in [-0.25, -0.2) is 0 Å². The molecule has 1 saturated heterocycles. The smallest absolute Gasteiger partial charge is 0.255 e. The van der Waals surface area contributed by atoms with Gasteiger partial charge in [0.1, 0.15) is 0 Å². The molecular weight excluding hydrogens is 498 g/mol. The van der Waals surface area contributed by atoms with Crippen LogP contribution in [-0.4, -0.2) is 72.8 Å². The van der Waals surface area contributed by atoms with Crippen LogP contribution >= 0.6 is 11.3 Å². The number of nitrogens with one attached hydrogen (secondary N) is 1. The highest BCUT2D eigenvalue weighted by Gasteiger charge is 2.38. The average molecular weight is 542 g/mol. The van der Waals surface area contributed by atoms with Gasteiger partial charge in [0.05, 0.1) is 31.4 Å². The van der Waals surface area contributed by atoms with Gasteiger partial charge in [-0.2, -0.15) is 0 Å². The molecule has 1 amide bonds. The van der Waals surface area contributed by atoms with E-state index in [0.717, 1.165) is 36.3 Å². The molecule has 7 nitrogen and oxygen atoms in total. The van der Waals surface area contributed by atoms with Crippen LogP contribution in [0.15, 0.2) is 10.9 Å². The summed E-state index contributed by atoms with van der Waals surface area (Å²) in [5.41, 5.74) is 4.48. The van der Waals surface area contributed by atoms with Crippen molar-refractivity contribution in [1.82, 2.24) is 14.8 Å². The van der Waals surface area contributed by atoms with Gasteiger partial charge in [-0.05, 0) is 75.5 Å². The summed E-state index contributed by atoms with van der Waals surface area (Å²) in [5.74, 6) is 1.22. The number of aromatic amines is 1. The second-order valence-electron chi connectivity index (χ2n) is 11.6. The molecule has 2 aromatic heterocycles. The van der Waals surface area contributed by atoms with Gasteiger partial charge in [-0.15, -0.1) is 11.3 Å². The Hall–Kier alpha value is -2.00.